The van der Waals surface area contributed by atoms with Gasteiger partial charge in [-0.2, -0.15) is 0 Å². The summed E-state index contributed by atoms with van der Waals surface area (Å²) < 4.78 is 13.1. The Morgan fingerprint density at radius 3 is 2.35 bits per heavy atom. The van der Waals surface area contributed by atoms with E-state index in [1.807, 2.05) is 26.0 Å². The molecule has 0 saturated heterocycles. The summed E-state index contributed by atoms with van der Waals surface area (Å²) in [5.41, 5.74) is 1.78. The van der Waals surface area contributed by atoms with Crippen molar-refractivity contribution in [2.75, 3.05) is 0 Å². The Kier molecular flexibility index (Phi) is 5.54. The number of alkyl halides is 1. The summed E-state index contributed by atoms with van der Waals surface area (Å²) in [7, 11) is 0. The van der Waals surface area contributed by atoms with Gasteiger partial charge in [-0.3, -0.25) is 0 Å². The smallest absolute Gasteiger partial charge is 0.126 e. The highest BCUT2D eigenvalue weighted by atomic mass is 35.5. The first-order chi connectivity index (χ1) is 8.08. The number of hydrogen-bond donors (Lipinski definition) is 0. The molecule has 0 saturated carbocycles. The van der Waals surface area contributed by atoms with Crippen LogP contribution in [0.2, 0.25) is 0 Å². The van der Waals surface area contributed by atoms with Crippen molar-refractivity contribution in [3.05, 3.63) is 46.1 Å². The molecule has 0 nitrogen and oxygen atoms in total. The van der Waals surface area contributed by atoms with Crippen molar-refractivity contribution in [3.8, 4) is 0 Å². The molecule has 17 heavy (non-hydrogen) atoms. The maximum absolute atomic E-state index is 13.1. The van der Waals surface area contributed by atoms with Gasteiger partial charge >= 0.3 is 0 Å². The van der Waals surface area contributed by atoms with Gasteiger partial charge in [0.1, 0.15) is 5.82 Å². The zero-order valence-electron chi connectivity index (χ0n) is 10.6. The van der Waals surface area contributed by atoms with Crippen molar-refractivity contribution in [1.29, 1.82) is 0 Å². The highest BCUT2D eigenvalue weighted by Gasteiger charge is 2.26. The molecular weight excluding hydrogens is 255 g/mol. The first-order valence-electron chi connectivity index (χ1n) is 5.83. The van der Waals surface area contributed by atoms with Crippen molar-refractivity contribution >= 4 is 23.4 Å². The van der Waals surface area contributed by atoms with Crippen molar-refractivity contribution in [2.24, 2.45) is 0 Å². The fourth-order valence-electron chi connectivity index (χ4n) is 1.74. The van der Waals surface area contributed by atoms with E-state index in [2.05, 4.69) is 13.0 Å². The average Bonchev–Trinajstić information content (AvgIpc) is 2.65. The van der Waals surface area contributed by atoms with E-state index in [0.717, 1.165) is 5.56 Å². The normalized spacial score (nSPS) is 22.8. The van der Waals surface area contributed by atoms with Gasteiger partial charge in [-0.1, -0.05) is 32.1 Å². The van der Waals surface area contributed by atoms with Gasteiger partial charge in [0.2, 0.25) is 0 Å². The third-order valence-corrected chi connectivity index (χ3v) is 4.13. The molecule has 2 atom stereocenters. The Labute approximate surface area is 112 Å². The van der Waals surface area contributed by atoms with E-state index in [9.17, 15) is 4.39 Å². The van der Waals surface area contributed by atoms with E-state index in [1.54, 1.807) is 18.7 Å². The van der Waals surface area contributed by atoms with E-state index in [0.29, 0.717) is 5.56 Å². The van der Waals surface area contributed by atoms with Crippen LogP contribution in [0.3, 0.4) is 0 Å². The van der Waals surface area contributed by atoms with E-state index in [4.69, 9.17) is 11.6 Å². The number of aryl methyl sites for hydroxylation is 1. The van der Waals surface area contributed by atoms with Crippen molar-refractivity contribution in [3.63, 3.8) is 0 Å². The van der Waals surface area contributed by atoms with Crippen molar-refractivity contribution in [2.45, 2.75) is 38.3 Å². The number of benzene rings is 1. The quantitative estimate of drug-likeness (QED) is 0.612. The molecule has 1 aromatic carbocycles. The minimum absolute atomic E-state index is 0.0369. The van der Waals surface area contributed by atoms with Gasteiger partial charge in [0.05, 0.1) is 4.71 Å². The molecule has 0 spiro atoms. The van der Waals surface area contributed by atoms with Gasteiger partial charge in [-0.15, -0.1) is 23.4 Å². The summed E-state index contributed by atoms with van der Waals surface area (Å²) in [6, 6.07) is 5.21. The average molecular weight is 273 g/mol. The van der Waals surface area contributed by atoms with E-state index in [1.165, 1.54) is 11.0 Å². The van der Waals surface area contributed by atoms with Crippen LogP contribution in [0.15, 0.2) is 29.2 Å². The van der Waals surface area contributed by atoms with E-state index < -0.39 is 0 Å². The minimum atomic E-state index is -0.156. The molecule has 1 aliphatic heterocycles. The Bertz CT molecular complexity index is 415. The van der Waals surface area contributed by atoms with Crippen LogP contribution in [0.25, 0.3) is 0 Å². The van der Waals surface area contributed by atoms with Gasteiger partial charge < -0.3 is 0 Å². The fourth-order valence-corrected chi connectivity index (χ4v) is 3.34. The van der Waals surface area contributed by atoms with Crippen LogP contribution >= 0.6 is 23.4 Å². The SMILES string of the molecule is CC.CC1=CC(c2ccc(F)c(C)c2)C(Cl)S1. The third kappa shape index (κ3) is 3.49. The first kappa shape index (κ1) is 14.6. The molecule has 0 bridgehead atoms. The molecular formula is C14H18ClFS. The second-order valence-corrected chi connectivity index (χ2v) is 5.90. The Hall–Kier alpha value is -0.470. The topological polar surface area (TPSA) is 0 Å². The molecule has 1 aromatic rings. The van der Waals surface area contributed by atoms with Crippen molar-refractivity contribution < 1.29 is 4.39 Å². The molecule has 94 valence electrons. The van der Waals surface area contributed by atoms with E-state index in [-0.39, 0.29) is 16.4 Å². The maximum Gasteiger partial charge on any atom is 0.126 e. The number of halogens is 2. The summed E-state index contributed by atoms with van der Waals surface area (Å²) >= 11 is 7.88. The highest BCUT2D eigenvalue weighted by Crippen LogP contribution is 2.44. The summed E-state index contributed by atoms with van der Waals surface area (Å²) in [6.45, 7) is 7.83. The van der Waals surface area contributed by atoms with Gasteiger partial charge in [0.15, 0.2) is 0 Å². The van der Waals surface area contributed by atoms with Gasteiger partial charge in [-0.25, -0.2) is 4.39 Å². The summed E-state index contributed by atoms with van der Waals surface area (Å²) in [5.74, 6) is 0.0483. The van der Waals surface area contributed by atoms with Crippen LogP contribution in [0.5, 0.6) is 0 Å². The number of rotatable bonds is 1. The Balaban J connectivity index is 0.000000686. The zero-order valence-corrected chi connectivity index (χ0v) is 12.2. The molecule has 1 heterocycles. The van der Waals surface area contributed by atoms with Gasteiger partial charge in [0, 0.05) is 5.92 Å². The van der Waals surface area contributed by atoms with Crippen LogP contribution in [0.4, 0.5) is 4.39 Å². The lowest BCUT2D eigenvalue weighted by Crippen LogP contribution is -2.03. The molecule has 0 aliphatic carbocycles. The zero-order chi connectivity index (χ0) is 13.0. The highest BCUT2D eigenvalue weighted by molar-refractivity contribution is 8.05. The van der Waals surface area contributed by atoms with Gasteiger partial charge in [0.25, 0.3) is 0 Å². The van der Waals surface area contributed by atoms with Crippen LogP contribution in [-0.4, -0.2) is 4.71 Å². The number of hydrogen-bond acceptors (Lipinski definition) is 1. The standard InChI is InChI=1S/C12H12ClFS.C2H6/c1-7-5-9(3-4-11(7)14)10-6-8(2)15-12(10)13;1-2/h3-6,10,12H,1-2H3;1-2H3. The molecule has 2 unspecified atom stereocenters. The molecule has 0 fully saturated rings. The molecule has 3 heteroatoms. The summed E-state index contributed by atoms with van der Waals surface area (Å²) in [4.78, 5) is 1.24. The molecule has 2 rings (SSSR count). The predicted molar refractivity (Wildman–Crippen MR) is 76.2 cm³/mol. The number of allylic oxidation sites excluding steroid dienone is 2. The summed E-state index contributed by atoms with van der Waals surface area (Å²) in [5, 5.41) is 0. The monoisotopic (exact) mass is 272 g/mol. The molecule has 0 aromatic heterocycles. The van der Waals surface area contributed by atoms with Crippen molar-refractivity contribution in [1.82, 2.24) is 0 Å². The third-order valence-electron chi connectivity index (χ3n) is 2.56. The number of thioether (sulfide) groups is 1. The lowest BCUT2D eigenvalue weighted by molar-refractivity contribution is 0.617. The van der Waals surface area contributed by atoms with Crippen LogP contribution < -0.4 is 0 Å². The lowest BCUT2D eigenvalue weighted by Gasteiger charge is -2.13. The van der Waals surface area contributed by atoms with Gasteiger partial charge in [-0.05, 0) is 35.9 Å². The minimum Gasteiger partial charge on any atom is -0.207 e. The van der Waals surface area contributed by atoms with Crippen LogP contribution in [0, 0.1) is 12.7 Å². The predicted octanol–water partition coefficient (Wildman–Crippen LogP) is 5.46. The van der Waals surface area contributed by atoms with E-state index >= 15 is 0 Å². The maximum atomic E-state index is 13.1. The Morgan fingerprint density at radius 2 is 1.88 bits per heavy atom. The van der Waals surface area contributed by atoms with Crippen LogP contribution in [-0.2, 0) is 0 Å². The second-order valence-electron chi connectivity index (χ2n) is 3.78. The molecule has 1 aliphatic rings. The Morgan fingerprint density at radius 1 is 1.24 bits per heavy atom. The molecule has 0 N–H and O–H groups in total. The fraction of sp³-hybridized carbons (Fsp3) is 0.429. The molecule has 0 amide bonds. The van der Waals surface area contributed by atoms with Crippen LogP contribution in [0.1, 0.15) is 37.8 Å². The molecule has 0 radical (unpaired) electrons. The summed E-state index contributed by atoms with van der Waals surface area (Å²) in [6.07, 6.45) is 2.15. The second kappa shape index (κ2) is 6.46. The largest absolute Gasteiger partial charge is 0.207 e. The first-order valence-corrected chi connectivity index (χ1v) is 7.15. The lowest BCUT2D eigenvalue weighted by atomic mass is 9.98.